The van der Waals surface area contributed by atoms with E-state index in [9.17, 15) is 0 Å². The highest BCUT2D eigenvalue weighted by molar-refractivity contribution is 5.24. The molecule has 1 aliphatic carbocycles. The van der Waals surface area contributed by atoms with Crippen LogP contribution in [-0.2, 0) is 6.42 Å². The highest BCUT2D eigenvalue weighted by Gasteiger charge is 2.21. The van der Waals surface area contributed by atoms with Gasteiger partial charge in [0.25, 0.3) is 0 Å². The predicted molar refractivity (Wildman–Crippen MR) is 58.6 cm³/mol. The number of nitrogens with zero attached hydrogens (tertiary/aromatic N) is 2. The Morgan fingerprint density at radius 2 is 1.93 bits per heavy atom. The van der Waals surface area contributed by atoms with Gasteiger partial charge in [0.15, 0.2) is 0 Å². The largest absolute Gasteiger partial charge is 0.266 e. The molecule has 2 nitrogen and oxygen atoms in total. The van der Waals surface area contributed by atoms with Crippen LogP contribution in [0.25, 0.3) is 0 Å². The number of hydrogen-bond acceptors (Lipinski definition) is 1. The van der Waals surface area contributed by atoms with Gasteiger partial charge in [0, 0.05) is 5.69 Å². The van der Waals surface area contributed by atoms with E-state index in [4.69, 9.17) is 0 Å². The summed E-state index contributed by atoms with van der Waals surface area (Å²) < 4.78 is 2.28. The molecule has 1 fully saturated rings. The third-order valence-electron chi connectivity index (χ3n) is 3.50. The zero-order chi connectivity index (χ0) is 10.1. The fourth-order valence-electron chi connectivity index (χ4n) is 2.71. The molecule has 0 atom stereocenters. The summed E-state index contributed by atoms with van der Waals surface area (Å²) in [6.07, 6.45) is 6.52. The minimum atomic E-state index is 0.689. The molecule has 0 aliphatic heterocycles. The summed E-state index contributed by atoms with van der Waals surface area (Å²) >= 11 is 0. The minimum absolute atomic E-state index is 0.689. The van der Waals surface area contributed by atoms with Gasteiger partial charge in [-0.1, -0.05) is 19.8 Å². The zero-order valence-corrected chi connectivity index (χ0v) is 9.51. The van der Waals surface area contributed by atoms with E-state index < -0.39 is 0 Å². The summed E-state index contributed by atoms with van der Waals surface area (Å²) in [7, 11) is 0. The third-order valence-corrected chi connectivity index (χ3v) is 3.50. The zero-order valence-electron chi connectivity index (χ0n) is 9.51. The van der Waals surface area contributed by atoms with Gasteiger partial charge in [-0.3, -0.25) is 4.68 Å². The Hall–Kier alpha value is -0.790. The van der Waals surface area contributed by atoms with Crippen molar-refractivity contribution in [3.63, 3.8) is 0 Å². The van der Waals surface area contributed by atoms with E-state index in [1.807, 2.05) is 0 Å². The van der Waals surface area contributed by atoms with Crippen molar-refractivity contribution < 1.29 is 0 Å². The molecule has 0 radical (unpaired) electrons. The van der Waals surface area contributed by atoms with Gasteiger partial charge in [-0.2, -0.15) is 5.10 Å². The van der Waals surface area contributed by atoms with Crippen molar-refractivity contribution in [3.8, 4) is 0 Å². The Morgan fingerprint density at radius 3 is 2.43 bits per heavy atom. The second-order valence-corrected chi connectivity index (χ2v) is 4.39. The maximum absolute atomic E-state index is 4.68. The van der Waals surface area contributed by atoms with Crippen LogP contribution in [0.2, 0.25) is 0 Å². The molecule has 0 N–H and O–H groups in total. The number of hydrogen-bond donors (Lipinski definition) is 0. The molecule has 0 amide bonds. The lowest BCUT2D eigenvalue weighted by atomic mass is 10.1. The quantitative estimate of drug-likeness (QED) is 0.703. The molecule has 0 aromatic carbocycles. The third kappa shape index (κ3) is 1.47. The van der Waals surface area contributed by atoms with Crippen LogP contribution in [-0.4, -0.2) is 9.78 Å². The monoisotopic (exact) mass is 192 g/mol. The second kappa shape index (κ2) is 3.76. The van der Waals surface area contributed by atoms with Crippen LogP contribution in [0.15, 0.2) is 0 Å². The van der Waals surface area contributed by atoms with E-state index in [0.717, 1.165) is 6.42 Å². The van der Waals surface area contributed by atoms with Crippen molar-refractivity contribution >= 4 is 0 Å². The lowest BCUT2D eigenvalue weighted by Crippen LogP contribution is -2.08. The highest BCUT2D eigenvalue weighted by atomic mass is 15.3. The van der Waals surface area contributed by atoms with Gasteiger partial charge in [0.2, 0.25) is 0 Å². The molecule has 1 heterocycles. The molecule has 0 saturated heterocycles. The standard InChI is InChI=1S/C12H20N2/c1-4-12-9(2)13-14(10(12)3)11-7-5-6-8-11/h11H,4-8H2,1-3H3. The van der Waals surface area contributed by atoms with Crippen LogP contribution in [0, 0.1) is 13.8 Å². The molecular weight excluding hydrogens is 172 g/mol. The molecule has 2 rings (SSSR count). The van der Waals surface area contributed by atoms with Crippen molar-refractivity contribution in [2.24, 2.45) is 0 Å². The van der Waals surface area contributed by atoms with Crippen molar-refractivity contribution in [1.29, 1.82) is 0 Å². The molecule has 78 valence electrons. The van der Waals surface area contributed by atoms with Crippen molar-refractivity contribution in [2.75, 3.05) is 0 Å². The van der Waals surface area contributed by atoms with E-state index in [0.29, 0.717) is 6.04 Å². The minimum Gasteiger partial charge on any atom is -0.266 e. The van der Waals surface area contributed by atoms with Crippen LogP contribution < -0.4 is 0 Å². The molecule has 0 spiro atoms. The van der Waals surface area contributed by atoms with Crippen molar-refractivity contribution in [3.05, 3.63) is 17.0 Å². The topological polar surface area (TPSA) is 17.8 Å². The van der Waals surface area contributed by atoms with Crippen molar-refractivity contribution in [2.45, 2.75) is 58.9 Å². The summed E-state index contributed by atoms with van der Waals surface area (Å²) in [5.74, 6) is 0. The SMILES string of the molecule is CCc1c(C)nn(C2CCCC2)c1C. The van der Waals surface area contributed by atoms with Gasteiger partial charge in [0.05, 0.1) is 11.7 Å². The lowest BCUT2D eigenvalue weighted by molar-refractivity contribution is 0.454. The second-order valence-electron chi connectivity index (χ2n) is 4.39. The van der Waals surface area contributed by atoms with Crippen LogP contribution >= 0.6 is 0 Å². The normalized spacial score (nSPS) is 17.9. The van der Waals surface area contributed by atoms with E-state index in [2.05, 4.69) is 30.6 Å². The number of rotatable bonds is 2. The lowest BCUT2D eigenvalue weighted by Gasteiger charge is -2.12. The van der Waals surface area contributed by atoms with Gasteiger partial charge >= 0.3 is 0 Å². The average molecular weight is 192 g/mol. The first-order valence-corrected chi connectivity index (χ1v) is 5.78. The summed E-state index contributed by atoms with van der Waals surface area (Å²) in [4.78, 5) is 0. The molecule has 1 saturated carbocycles. The molecule has 1 aliphatic rings. The average Bonchev–Trinajstić information content (AvgIpc) is 2.74. The van der Waals surface area contributed by atoms with Gasteiger partial charge < -0.3 is 0 Å². The first-order valence-electron chi connectivity index (χ1n) is 5.78. The molecule has 0 bridgehead atoms. The van der Waals surface area contributed by atoms with Crippen LogP contribution in [0.3, 0.4) is 0 Å². The van der Waals surface area contributed by atoms with E-state index >= 15 is 0 Å². The molecule has 14 heavy (non-hydrogen) atoms. The Morgan fingerprint density at radius 1 is 1.29 bits per heavy atom. The Balaban J connectivity index is 2.33. The van der Waals surface area contributed by atoms with Gasteiger partial charge in [-0.15, -0.1) is 0 Å². The van der Waals surface area contributed by atoms with Crippen molar-refractivity contribution in [1.82, 2.24) is 9.78 Å². The van der Waals surface area contributed by atoms with Gasteiger partial charge in [-0.25, -0.2) is 0 Å². The molecular formula is C12H20N2. The maximum atomic E-state index is 4.68. The predicted octanol–water partition coefficient (Wildman–Crippen LogP) is 3.18. The summed E-state index contributed by atoms with van der Waals surface area (Å²) in [6.45, 7) is 6.57. The Labute approximate surface area is 86.3 Å². The number of aromatic nitrogens is 2. The summed E-state index contributed by atoms with van der Waals surface area (Å²) in [6, 6.07) is 0.689. The Bertz CT molecular complexity index is 319. The smallest absolute Gasteiger partial charge is 0.0628 e. The molecule has 2 heteroatoms. The highest BCUT2D eigenvalue weighted by Crippen LogP contribution is 2.31. The fourth-order valence-corrected chi connectivity index (χ4v) is 2.71. The molecule has 1 aromatic heterocycles. The van der Waals surface area contributed by atoms with E-state index in [1.54, 1.807) is 0 Å². The van der Waals surface area contributed by atoms with Crippen LogP contribution in [0.5, 0.6) is 0 Å². The maximum Gasteiger partial charge on any atom is 0.0628 e. The Kier molecular flexibility index (Phi) is 2.62. The fraction of sp³-hybridized carbons (Fsp3) is 0.750. The first kappa shape index (κ1) is 9.75. The van der Waals surface area contributed by atoms with Gasteiger partial charge in [-0.05, 0) is 38.7 Å². The molecule has 0 unspecified atom stereocenters. The van der Waals surface area contributed by atoms with Crippen LogP contribution in [0.4, 0.5) is 0 Å². The summed E-state index contributed by atoms with van der Waals surface area (Å²) in [5, 5.41) is 4.68. The van der Waals surface area contributed by atoms with E-state index in [1.165, 1.54) is 42.6 Å². The molecule has 1 aromatic rings. The first-order chi connectivity index (χ1) is 6.74. The summed E-state index contributed by atoms with van der Waals surface area (Å²) in [5.41, 5.74) is 4.09. The van der Waals surface area contributed by atoms with Gasteiger partial charge in [0.1, 0.15) is 0 Å². The van der Waals surface area contributed by atoms with E-state index in [-0.39, 0.29) is 0 Å². The van der Waals surface area contributed by atoms with Crippen LogP contribution in [0.1, 0.15) is 55.6 Å². The number of aryl methyl sites for hydroxylation is 1.